The fourth-order valence-electron chi connectivity index (χ4n) is 1.47. The Bertz CT molecular complexity index is 430. The third kappa shape index (κ3) is 5.37. The van der Waals surface area contributed by atoms with Crippen LogP contribution in [-0.2, 0) is 0 Å². The van der Waals surface area contributed by atoms with Gasteiger partial charge in [-0.1, -0.05) is 81.3 Å². The van der Waals surface area contributed by atoms with Gasteiger partial charge in [-0.2, -0.15) is 0 Å². The standard InChI is InChI=1S/C13H11Cl.2C2H6/c1-10-3-2-4-12(9-10)11-5-7-13(14)8-6-11;2*1-2/h2-9H,1H3;2*1-2H3. The largest absolute Gasteiger partial charge is 0.0843 e. The first kappa shape index (κ1) is 16.7. The molecule has 0 amide bonds. The number of aryl methyl sites for hydroxylation is 1. The maximum Gasteiger partial charge on any atom is 0.0406 e. The minimum atomic E-state index is 0.779. The predicted octanol–water partition coefficient (Wildman–Crippen LogP) is 6.37. The van der Waals surface area contributed by atoms with Gasteiger partial charge < -0.3 is 0 Å². The van der Waals surface area contributed by atoms with E-state index < -0.39 is 0 Å². The number of halogens is 1. The van der Waals surface area contributed by atoms with Gasteiger partial charge in [0.15, 0.2) is 0 Å². The molecule has 0 nitrogen and oxygen atoms in total. The van der Waals surface area contributed by atoms with E-state index in [0.717, 1.165) is 5.02 Å². The summed E-state index contributed by atoms with van der Waals surface area (Å²) in [5.74, 6) is 0. The minimum absolute atomic E-state index is 0.779. The highest BCUT2D eigenvalue weighted by Gasteiger charge is 1.96. The van der Waals surface area contributed by atoms with Gasteiger partial charge in [-0.15, -0.1) is 0 Å². The van der Waals surface area contributed by atoms with Gasteiger partial charge in [0.25, 0.3) is 0 Å². The van der Waals surface area contributed by atoms with Gasteiger partial charge in [-0.05, 0) is 30.2 Å². The van der Waals surface area contributed by atoms with E-state index in [1.807, 2.05) is 52.0 Å². The summed E-state index contributed by atoms with van der Waals surface area (Å²) in [6, 6.07) is 16.4. The minimum Gasteiger partial charge on any atom is -0.0843 e. The van der Waals surface area contributed by atoms with E-state index in [2.05, 4.69) is 31.2 Å². The summed E-state index contributed by atoms with van der Waals surface area (Å²) in [4.78, 5) is 0. The summed E-state index contributed by atoms with van der Waals surface area (Å²) in [5.41, 5.74) is 3.72. The predicted molar refractivity (Wildman–Crippen MR) is 84.3 cm³/mol. The van der Waals surface area contributed by atoms with E-state index >= 15 is 0 Å². The molecule has 0 bridgehead atoms. The number of hydrogen-bond acceptors (Lipinski definition) is 0. The third-order valence-corrected chi connectivity index (χ3v) is 2.45. The summed E-state index contributed by atoms with van der Waals surface area (Å²) < 4.78 is 0. The topological polar surface area (TPSA) is 0 Å². The zero-order valence-corrected chi connectivity index (χ0v) is 12.8. The molecule has 0 aliphatic rings. The van der Waals surface area contributed by atoms with Crippen LogP contribution >= 0.6 is 11.6 Å². The summed E-state index contributed by atoms with van der Waals surface area (Å²) in [7, 11) is 0. The van der Waals surface area contributed by atoms with Crippen LogP contribution in [0.15, 0.2) is 48.5 Å². The SMILES string of the molecule is CC.CC.Cc1cccc(-c2ccc(Cl)cc2)c1. The van der Waals surface area contributed by atoms with Crippen LogP contribution in [0.2, 0.25) is 5.02 Å². The van der Waals surface area contributed by atoms with E-state index in [-0.39, 0.29) is 0 Å². The van der Waals surface area contributed by atoms with E-state index in [1.165, 1.54) is 16.7 Å². The highest BCUT2D eigenvalue weighted by atomic mass is 35.5. The van der Waals surface area contributed by atoms with Crippen molar-refractivity contribution in [3.8, 4) is 11.1 Å². The molecule has 98 valence electrons. The van der Waals surface area contributed by atoms with Gasteiger partial charge in [0.05, 0.1) is 0 Å². The van der Waals surface area contributed by atoms with Crippen molar-refractivity contribution in [3.63, 3.8) is 0 Å². The van der Waals surface area contributed by atoms with Crippen LogP contribution in [0.4, 0.5) is 0 Å². The molecule has 0 aliphatic heterocycles. The molecule has 2 aromatic carbocycles. The molecule has 1 heteroatoms. The van der Waals surface area contributed by atoms with Crippen molar-refractivity contribution in [1.82, 2.24) is 0 Å². The molecular formula is C17H23Cl. The number of hydrogen-bond donors (Lipinski definition) is 0. The Morgan fingerprint density at radius 1 is 0.722 bits per heavy atom. The van der Waals surface area contributed by atoms with E-state index in [1.54, 1.807) is 0 Å². The second kappa shape index (κ2) is 9.73. The van der Waals surface area contributed by atoms with Crippen LogP contribution in [0.5, 0.6) is 0 Å². The number of rotatable bonds is 1. The summed E-state index contributed by atoms with van der Waals surface area (Å²) in [6.45, 7) is 10.1. The lowest BCUT2D eigenvalue weighted by Gasteiger charge is -2.02. The van der Waals surface area contributed by atoms with E-state index in [4.69, 9.17) is 11.6 Å². The summed E-state index contributed by atoms with van der Waals surface area (Å²) >= 11 is 5.83. The van der Waals surface area contributed by atoms with Crippen molar-refractivity contribution in [2.24, 2.45) is 0 Å². The van der Waals surface area contributed by atoms with Crippen molar-refractivity contribution in [1.29, 1.82) is 0 Å². The van der Waals surface area contributed by atoms with Gasteiger partial charge in [0, 0.05) is 5.02 Å². The van der Waals surface area contributed by atoms with Gasteiger partial charge in [0.1, 0.15) is 0 Å². The quantitative estimate of drug-likeness (QED) is 0.560. The molecule has 0 heterocycles. The third-order valence-electron chi connectivity index (χ3n) is 2.20. The molecule has 0 radical (unpaired) electrons. The van der Waals surface area contributed by atoms with Crippen molar-refractivity contribution >= 4 is 11.6 Å². The Kier molecular flexibility index (Phi) is 9.04. The maximum absolute atomic E-state index is 5.83. The second-order valence-electron chi connectivity index (χ2n) is 3.38. The molecule has 18 heavy (non-hydrogen) atoms. The highest BCUT2D eigenvalue weighted by Crippen LogP contribution is 2.21. The van der Waals surface area contributed by atoms with Gasteiger partial charge in [-0.25, -0.2) is 0 Å². The van der Waals surface area contributed by atoms with Gasteiger partial charge in [-0.3, -0.25) is 0 Å². The normalized spacial score (nSPS) is 8.56. The molecule has 0 spiro atoms. The molecule has 0 fully saturated rings. The van der Waals surface area contributed by atoms with Crippen molar-refractivity contribution in [2.45, 2.75) is 34.6 Å². The number of benzene rings is 2. The van der Waals surface area contributed by atoms with Crippen LogP contribution in [-0.4, -0.2) is 0 Å². The molecule has 0 N–H and O–H groups in total. The first-order chi connectivity index (χ1) is 8.75. The first-order valence-corrected chi connectivity index (χ1v) is 6.96. The zero-order valence-electron chi connectivity index (χ0n) is 12.0. The monoisotopic (exact) mass is 262 g/mol. The van der Waals surface area contributed by atoms with Crippen LogP contribution < -0.4 is 0 Å². The molecule has 0 saturated heterocycles. The molecule has 0 unspecified atom stereocenters. The highest BCUT2D eigenvalue weighted by molar-refractivity contribution is 6.30. The Morgan fingerprint density at radius 3 is 1.78 bits per heavy atom. The zero-order chi connectivity index (χ0) is 14.0. The average molecular weight is 263 g/mol. The lowest BCUT2D eigenvalue weighted by molar-refractivity contribution is 1.47. The van der Waals surface area contributed by atoms with Crippen LogP contribution in [0.3, 0.4) is 0 Å². The molecule has 0 atom stereocenters. The Hall–Kier alpha value is -1.27. The molecule has 0 aromatic heterocycles. The molecule has 2 rings (SSSR count). The summed E-state index contributed by atoms with van der Waals surface area (Å²) in [6.07, 6.45) is 0. The van der Waals surface area contributed by atoms with Gasteiger partial charge >= 0.3 is 0 Å². The van der Waals surface area contributed by atoms with E-state index in [0.29, 0.717) is 0 Å². The summed E-state index contributed by atoms with van der Waals surface area (Å²) in [5, 5.41) is 0.779. The molecule has 0 aliphatic carbocycles. The van der Waals surface area contributed by atoms with Crippen LogP contribution in [0.25, 0.3) is 11.1 Å². The Balaban J connectivity index is 0.000000659. The molecule has 0 saturated carbocycles. The fraction of sp³-hybridized carbons (Fsp3) is 0.294. The van der Waals surface area contributed by atoms with Crippen LogP contribution in [0, 0.1) is 6.92 Å². The Morgan fingerprint density at radius 2 is 1.28 bits per heavy atom. The molecule has 2 aromatic rings. The van der Waals surface area contributed by atoms with Crippen molar-refractivity contribution in [3.05, 3.63) is 59.1 Å². The Labute approximate surface area is 117 Å². The van der Waals surface area contributed by atoms with E-state index in [9.17, 15) is 0 Å². The fourth-order valence-corrected chi connectivity index (χ4v) is 1.59. The van der Waals surface area contributed by atoms with Crippen LogP contribution in [0.1, 0.15) is 33.3 Å². The van der Waals surface area contributed by atoms with Crippen molar-refractivity contribution in [2.75, 3.05) is 0 Å². The maximum atomic E-state index is 5.83. The lowest BCUT2D eigenvalue weighted by atomic mass is 10.0. The smallest absolute Gasteiger partial charge is 0.0406 e. The average Bonchev–Trinajstić information content (AvgIpc) is 2.44. The van der Waals surface area contributed by atoms with Gasteiger partial charge in [0.2, 0.25) is 0 Å². The second-order valence-corrected chi connectivity index (χ2v) is 3.81. The first-order valence-electron chi connectivity index (χ1n) is 6.58. The van der Waals surface area contributed by atoms with Crippen molar-refractivity contribution < 1.29 is 0 Å². The molecular weight excluding hydrogens is 240 g/mol. The lowest BCUT2D eigenvalue weighted by Crippen LogP contribution is -1.78.